The quantitative estimate of drug-likeness (QED) is 0.787. The van der Waals surface area contributed by atoms with Crippen LogP contribution in [0, 0.1) is 11.8 Å². The van der Waals surface area contributed by atoms with Gasteiger partial charge >= 0.3 is 0 Å². The van der Waals surface area contributed by atoms with Gasteiger partial charge in [0.15, 0.2) is 0 Å². The summed E-state index contributed by atoms with van der Waals surface area (Å²) in [6, 6.07) is 0.364. The van der Waals surface area contributed by atoms with Crippen molar-refractivity contribution in [2.75, 3.05) is 19.6 Å². The highest BCUT2D eigenvalue weighted by atomic mass is 16.2. The third kappa shape index (κ3) is 2.97. The van der Waals surface area contributed by atoms with Crippen LogP contribution in [0.25, 0.3) is 0 Å². The maximum absolute atomic E-state index is 12.4. The second-order valence-electron chi connectivity index (χ2n) is 5.55. The molecule has 0 radical (unpaired) electrons. The highest BCUT2D eigenvalue weighted by Gasteiger charge is 2.32. The summed E-state index contributed by atoms with van der Waals surface area (Å²) in [5.74, 6) is 1.49. The van der Waals surface area contributed by atoms with Gasteiger partial charge in [0.05, 0.1) is 0 Å². The molecule has 1 amide bonds. The number of amides is 1. The van der Waals surface area contributed by atoms with Gasteiger partial charge in [0, 0.05) is 18.5 Å². The van der Waals surface area contributed by atoms with Gasteiger partial charge in [0.2, 0.25) is 5.91 Å². The molecule has 1 saturated heterocycles. The molecule has 2 aliphatic rings. The zero-order valence-corrected chi connectivity index (χ0v) is 10.5. The molecule has 3 nitrogen and oxygen atoms in total. The molecule has 0 aromatic heterocycles. The van der Waals surface area contributed by atoms with Gasteiger partial charge in [-0.2, -0.15) is 0 Å². The normalized spacial score (nSPS) is 22.4. The van der Waals surface area contributed by atoms with Crippen LogP contribution in [0.2, 0.25) is 0 Å². The predicted molar refractivity (Wildman–Crippen MR) is 65.2 cm³/mol. The first kappa shape index (κ1) is 11.9. The van der Waals surface area contributed by atoms with Gasteiger partial charge in [-0.1, -0.05) is 0 Å². The minimum atomic E-state index is 0.280. The van der Waals surface area contributed by atoms with Crippen LogP contribution in [0.5, 0.6) is 0 Å². The first-order chi connectivity index (χ1) is 7.68. The molecule has 1 aliphatic heterocycles. The fourth-order valence-electron chi connectivity index (χ4n) is 2.44. The van der Waals surface area contributed by atoms with Crippen molar-refractivity contribution in [2.45, 2.75) is 45.6 Å². The smallest absolute Gasteiger partial charge is 0.226 e. The number of carbonyl (C=O) groups excluding carboxylic acids is 1. The van der Waals surface area contributed by atoms with Crippen molar-refractivity contribution in [3.05, 3.63) is 0 Å². The van der Waals surface area contributed by atoms with Crippen LogP contribution < -0.4 is 5.32 Å². The van der Waals surface area contributed by atoms with Gasteiger partial charge in [-0.15, -0.1) is 0 Å². The first-order valence-corrected chi connectivity index (χ1v) is 6.69. The average molecular weight is 224 g/mol. The Balaban J connectivity index is 1.91. The lowest BCUT2D eigenvalue weighted by Gasteiger charge is -2.32. The van der Waals surface area contributed by atoms with E-state index in [0.717, 1.165) is 38.4 Å². The average Bonchev–Trinajstić information content (AvgIpc) is 3.09. The van der Waals surface area contributed by atoms with E-state index in [1.54, 1.807) is 0 Å². The van der Waals surface area contributed by atoms with E-state index in [2.05, 4.69) is 24.1 Å². The molecule has 0 spiro atoms. The Labute approximate surface area is 98.6 Å². The number of nitrogens with one attached hydrogen (secondary N) is 1. The number of carbonyl (C=O) groups is 1. The number of rotatable bonds is 4. The third-order valence-corrected chi connectivity index (χ3v) is 3.75. The standard InChI is InChI=1S/C13H24N2O/c1-10(2)15(9-11-3-4-11)13(16)12-5-7-14-8-6-12/h10-12,14H,3-9H2,1-2H3. The van der Waals surface area contributed by atoms with Gasteiger partial charge in [-0.3, -0.25) is 4.79 Å². The molecule has 92 valence electrons. The summed E-state index contributed by atoms with van der Waals surface area (Å²) >= 11 is 0. The molecule has 16 heavy (non-hydrogen) atoms. The molecule has 0 bridgehead atoms. The van der Waals surface area contributed by atoms with E-state index in [1.807, 2.05) is 0 Å². The summed E-state index contributed by atoms with van der Waals surface area (Å²) in [6.07, 6.45) is 4.69. The van der Waals surface area contributed by atoms with Crippen LogP contribution in [0.3, 0.4) is 0 Å². The second-order valence-corrected chi connectivity index (χ2v) is 5.55. The van der Waals surface area contributed by atoms with E-state index in [4.69, 9.17) is 0 Å². The van der Waals surface area contributed by atoms with Crippen molar-refractivity contribution in [3.63, 3.8) is 0 Å². The maximum atomic E-state index is 12.4. The molecule has 3 heteroatoms. The molecule has 0 atom stereocenters. The van der Waals surface area contributed by atoms with Gasteiger partial charge in [-0.25, -0.2) is 0 Å². The second kappa shape index (κ2) is 5.17. The number of piperidine rings is 1. The molecule has 1 aliphatic carbocycles. The first-order valence-electron chi connectivity index (χ1n) is 6.69. The van der Waals surface area contributed by atoms with Crippen molar-refractivity contribution in [1.29, 1.82) is 0 Å². The zero-order valence-electron chi connectivity index (χ0n) is 10.5. The third-order valence-electron chi connectivity index (χ3n) is 3.75. The molecule has 1 saturated carbocycles. The summed E-state index contributed by atoms with van der Waals surface area (Å²) in [6.45, 7) is 7.29. The Morgan fingerprint density at radius 3 is 2.38 bits per heavy atom. The van der Waals surface area contributed by atoms with E-state index >= 15 is 0 Å². The lowest BCUT2D eigenvalue weighted by Crippen LogP contribution is -2.45. The molecule has 0 unspecified atom stereocenters. The van der Waals surface area contributed by atoms with E-state index in [1.165, 1.54) is 12.8 Å². The van der Waals surface area contributed by atoms with E-state index in [0.29, 0.717) is 11.9 Å². The molecule has 0 aromatic rings. The van der Waals surface area contributed by atoms with Crippen LogP contribution >= 0.6 is 0 Å². The highest BCUT2D eigenvalue weighted by molar-refractivity contribution is 5.79. The van der Waals surface area contributed by atoms with E-state index in [9.17, 15) is 4.79 Å². The molecular weight excluding hydrogens is 200 g/mol. The molecule has 0 aromatic carbocycles. The zero-order chi connectivity index (χ0) is 11.5. The van der Waals surface area contributed by atoms with Gasteiger partial charge in [0.1, 0.15) is 0 Å². The van der Waals surface area contributed by atoms with Crippen molar-refractivity contribution in [1.82, 2.24) is 10.2 Å². The summed E-state index contributed by atoms with van der Waals surface area (Å²) in [4.78, 5) is 14.5. The maximum Gasteiger partial charge on any atom is 0.226 e. The van der Waals surface area contributed by atoms with Gasteiger partial charge in [-0.05, 0) is 58.5 Å². The fourth-order valence-corrected chi connectivity index (χ4v) is 2.44. The summed E-state index contributed by atoms with van der Waals surface area (Å²) in [5.41, 5.74) is 0. The lowest BCUT2D eigenvalue weighted by molar-refractivity contribution is -0.138. The van der Waals surface area contributed by atoms with Crippen LogP contribution in [0.1, 0.15) is 39.5 Å². The van der Waals surface area contributed by atoms with Crippen LogP contribution in [0.4, 0.5) is 0 Å². The topological polar surface area (TPSA) is 32.3 Å². The Morgan fingerprint density at radius 1 is 1.25 bits per heavy atom. The van der Waals surface area contributed by atoms with Crippen molar-refractivity contribution in [2.24, 2.45) is 11.8 Å². The van der Waals surface area contributed by atoms with Crippen LogP contribution in [-0.4, -0.2) is 36.5 Å². The van der Waals surface area contributed by atoms with E-state index in [-0.39, 0.29) is 5.92 Å². The molecule has 1 N–H and O–H groups in total. The SMILES string of the molecule is CC(C)N(CC1CC1)C(=O)C1CCNCC1. The van der Waals surface area contributed by atoms with Crippen molar-refractivity contribution < 1.29 is 4.79 Å². The molecule has 2 fully saturated rings. The molecular formula is C13H24N2O. The predicted octanol–water partition coefficient (Wildman–Crippen LogP) is 1.63. The molecule has 2 rings (SSSR count). The number of hydrogen-bond donors (Lipinski definition) is 1. The Kier molecular flexibility index (Phi) is 3.85. The monoisotopic (exact) mass is 224 g/mol. The van der Waals surface area contributed by atoms with Crippen molar-refractivity contribution in [3.8, 4) is 0 Å². The minimum Gasteiger partial charge on any atom is -0.340 e. The summed E-state index contributed by atoms with van der Waals surface area (Å²) < 4.78 is 0. The number of hydrogen-bond acceptors (Lipinski definition) is 2. The minimum absolute atomic E-state index is 0.280. The Hall–Kier alpha value is -0.570. The van der Waals surface area contributed by atoms with Gasteiger partial charge < -0.3 is 10.2 Å². The fraction of sp³-hybridized carbons (Fsp3) is 0.923. The summed E-state index contributed by atoms with van der Waals surface area (Å²) in [7, 11) is 0. The summed E-state index contributed by atoms with van der Waals surface area (Å²) in [5, 5.41) is 3.32. The van der Waals surface area contributed by atoms with E-state index < -0.39 is 0 Å². The number of nitrogens with zero attached hydrogens (tertiary/aromatic N) is 1. The Morgan fingerprint density at radius 2 is 1.88 bits per heavy atom. The van der Waals surface area contributed by atoms with Crippen LogP contribution in [-0.2, 0) is 4.79 Å². The van der Waals surface area contributed by atoms with Gasteiger partial charge in [0.25, 0.3) is 0 Å². The molecule has 1 heterocycles. The van der Waals surface area contributed by atoms with Crippen molar-refractivity contribution >= 4 is 5.91 Å². The van der Waals surface area contributed by atoms with Crippen LogP contribution in [0.15, 0.2) is 0 Å². The lowest BCUT2D eigenvalue weighted by atomic mass is 9.96. The highest BCUT2D eigenvalue weighted by Crippen LogP contribution is 2.31. The Bertz CT molecular complexity index is 242. The largest absolute Gasteiger partial charge is 0.340 e.